The van der Waals surface area contributed by atoms with Gasteiger partial charge in [-0.15, -0.1) is 0 Å². The highest BCUT2D eigenvalue weighted by atomic mass is 16.5. The molecular weight excluding hydrogens is 368 g/mol. The van der Waals surface area contributed by atoms with Crippen LogP contribution < -0.4 is 10.2 Å². The molecule has 1 saturated heterocycles. The van der Waals surface area contributed by atoms with Gasteiger partial charge in [-0.2, -0.15) is 0 Å². The number of esters is 1. The number of carbonyl (C=O) groups is 1. The van der Waals surface area contributed by atoms with Crippen LogP contribution in [-0.2, 0) is 9.47 Å². The lowest BCUT2D eigenvalue weighted by Crippen LogP contribution is -2.36. The summed E-state index contributed by atoms with van der Waals surface area (Å²) in [6.45, 7) is 2.87. The Bertz CT molecular complexity index is 988. The fraction of sp³-hybridized carbons (Fsp3) is 0.227. The summed E-state index contributed by atoms with van der Waals surface area (Å²) in [5, 5.41) is 3.27. The summed E-state index contributed by atoms with van der Waals surface area (Å²) >= 11 is 0. The molecular formula is C22H22N4O3. The Kier molecular flexibility index (Phi) is 5.67. The van der Waals surface area contributed by atoms with Crippen molar-refractivity contribution < 1.29 is 14.3 Å². The zero-order valence-electron chi connectivity index (χ0n) is 16.2. The Labute approximate surface area is 169 Å². The lowest BCUT2D eigenvalue weighted by molar-refractivity contribution is 0.0602. The van der Waals surface area contributed by atoms with Crippen molar-refractivity contribution in [1.82, 2.24) is 9.97 Å². The van der Waals surface area contributed by atoms with Crippen molar-refractivity contribution in [1.29, 1.82) is 0 Å². The average molecular weight is 390 g/mol. The van der Waals surface area contributed by atoms with Gasteiger partial charge in [-0.25, -0.2) is 14.8 Å². The van der Waals surface area contributed by atoms with E-state index >= 15 is 0 Å². The fourth-order valence-corrected chi connectivity index (χ4v) is 3.19. The molecule has 0 amide bonds. The summed E-state index contributed by atoms with van der Waals surface area (Å²) in [5.74, 6) is 1.64. The molecule has 0 saturated carbocycles. The minimum Gasteiger partial charge on any atom is -0.465 e. The number of anilines is 3. The molecule has 148 valence electrons. The molecule has 2 heterocycles. The van der Waals surface area contributed by atoms with Crippen LogP contribution >= 0.6 is 0 Å². The van der Waals surface area contributed by atoms with E-state index in [0.29, 0.717) is 36.1 Å². The van der Waals surface area contributed by atoms with E-state index in [2.05, 4.69) is 15.2 Å². The second-order valence-corrected chi connectivity index (χ2v) is 6.56. The largest absolute Gasteiger partial charge is 0.465 e. The number of nitrogens with zero attached hydrogens (tertiary/aromatic N) is 3. The van der Waals surface area contributed by atoms with E-state index in [1.165, 1.54) is 7.11 Å². The van der Waals surface area contributed by atoms with Crippen molar-refractivity contribution in [3.63, 3.8) is 0 Å². The zero-order valence-corrected chi connectivity index (χ0v) is 16.2. The standard InChI is InChI=1S/C22H22N4O3/c1-28-22(27)17-9-5-6-10-18(17)23-19-15-20(26-11-13-29-14-12-26)25-21(24-19)16-7-3-2-4-8-16/h2-10,15H,11-14H2,1H3,(H,23,24,25). The van der Waals surface area contributed by atoms with Crippen LogP contribution in [0.4, 0.5) is 17.3 Å². The zero-order chi connectivity index (χ0) is 20.1. The number of ether oxygens (including phenoxy) is 2. The summed E-state index contributed by atoms with van der Waals surface area (Å²) in [5.41, 5.74) is 2.00. The van der Waals surface area contributed by atoms with Crippen molar-refractivity contribution in [2.75, 3.05) is 43.6 Å². The molecule has 1 N–H and O–H groups in total. The number of benzene rings is 2. The highest BCUT2D eigenvalue weighted by Crippen LogP contribution is 2.26. The Hall–Kier alpha value is -3.45. The number of rotatable bonds is 5. The number of carbonyl (C=O) groups excluding carboxylic acids is 1. The Morgan fingerprint density at radius 2 is 1.76 bits per heavy atom. The van der Waals surface area contributed by atoms with E-state index in [1.807, 2.05) is 48.5 Å². The van der Waals surface area contributed by atoms with E-state index in [0.717, 1.165) is 24.5 Å². The Balaban J connectivity index is 1.74. The van der Waals surface area contributed by atoms with E-state index in [1.54, 1.807) is 12.1 Å². The predicted octanol–water partition coefficient (Wildman–Crippen LogP) is 3.51. The van der Waals surface area contributed by atoms with E-state index in [4.69, 9.17) is 14.5 Å². The molecule has 0 atom stereocenters. The molecule has 0 unspecified atom stereocenters. The molecule has 1 aliphatic rings. The van der Waals surface area contributed by atoms with E-state index < -0.39 is 5.97 Å². The summed E-state index contributed by atoms with van der Waals surface area (Å²) < 4.78 is 10.4. The van der Waals surface area contributed by atoms with Crippen LogP contribution in [0.25, 0.3) is 11.4 Å². The molecule has 1 aliphatic heterocycles. The molecule has 0 spiro atoms. The first-order valence-corrected chi connectivity index (χ1v) is 9.46. The van der Waals surface area contributed by atoms with Gasteiger partial charge in [0.15, 0.2) is 5.82 Å². The number of aromatic nitrogens is 2. The smallest absolute Gasteiger partial charge is 0.339 e. The van der Waals surface area contributed by atoms with E-state index in [9.17, 15) is 4.79 Å². The van der Waals surface area contributed by atoms with Gasteiger partial charge in [0.2, 0.25) is 0 Å². The molecule has 3 aromatic rings. The van der Waals surface area contributed by atoms with E-state index in [-0.39, 0.29) is 0 Å². The van der Waals surface area contributed by atoms with Crippen LogP contribution in [0.1, 0.15) is 10.4 Å². The van der Waals surface area contributed by atoms with Gasteiger partial charge in [0.05, 0.1) is 31.6 Å². The predicted molar refractivity (Wildman–Crippen MR) is 112 cm³/mol. The van der Waals surface area contributed by atoms with Crippen molar-refractivity contribution in [2.45, 2.75) is 0 Å². The third kappa shape index (κ3) is 4.35. The topological polar surface area (TPSA) is 76.6 Å². The Morgan fingerprint density at radius 1 is 1.03 bits per heavy atom. The second-order valence-electron chi connectivity index (χ2n) is 6.56. The summed E-state index contributed by atoms with van der Waals surface area (Å²) in [6, 6.07) is 18.9. The number of morpholine rings is 1. The van der Waals surface area contributed by atoms with Gasteiger partial charge in [0, 0.05) is 24.7 Å². The van der Waals surface area contributed by atoms with Crippen LogP contribution in [0.15, 0.2) is 60.7 Å². The molecule has 4 rings (SSSR count). The van der Waals surface area contributed by atoms with Gasteiger partial charge in [-0.05, 0) is 12.1 Å². The monoisotopic (exact) mass is 390 g/mol. The second kappa shape index (κ2) is 8.70. The fourth-order valence-electron chi connectivity index (χ4n) is 3.19. The first kappa shape index (κ1) is 18.9. The van der Waals surface area contributed by atoms with Gasteiger partial charge in [0.25, 0.3) is 0 Å². The lowest BCUT2D eigenvalue weighted by atomic mass is 10.1. The molecule has 0 aliphatic carbocycles. The number of hydrogen-bond donors (Lipinski definition) is 1. The number of nitrogens with one attached hydrogen (secondary N) is 1. The first-order valence-electron chi connectivity index (χ1n) is 9.46. The van der Waals surface area contributed by atoms with Gasteiger partial charge >= 0.3 is 5.97 Å². The Morgan fingerprint density at radius 3 is 2.52 bits per heavy atom. The maximum atomic E-state index is 12.1. The summed E-state index contributed by atoms with van der Waals surface area (Å²) in [4.78, 5) is 23.7. The minimum atomic E-state index is -0.404. The van der Waals surface area contributed by atoms with Gasteiger partial charge < -0.3 is 19.7 Å². The summed E-state index contributed by atoms with van der Waals surface area (Å²) in [7, 11) is 1.37. The molecule has 7 nitrogen and oxygen atoms in total. The van der Waals surface area contributed by atoms with Crippen LogP contribution in [0, 0.1) is 0 Å². The molecule has 1 aromatic heterocycles. The number of para-hydroxylation sites is 1. The molecule has 2 aromatic carbocycles. The number of hydrogen-bond acceptors (Lipinski definition) is 7. The third-order valence-electron chi connectivity index (χ3n) is 4.67. The molecule has 0 bridgehead atoms. The van der Waals surface area contributed by atoms with Crippen molar-refractivity contribution in [3.8, 4) is 11.4 Å². The van der Waals surface area contributed by atoms with Crippen LogP contribution in [-0.4, -0.2) is 49.4 Å². The molecule has 29 heavy (non-hydrogen) atoms. The average Bonchev–Trinajstić information content (AvgIpc) is 2.80. The lowest BCUT2D eigenvalue weighted by Gasteiger charge is -2.28. The van der Waals surface area contributed by atoms with Crippen molar-refractivity contribution >= 4 is 23.3 Å². The van der Waals surface area contributed by atoms with Gasteiger partial charge in [-0.1, -0.05) is 42.5 Å². The maximum Gasteiger partial charge on any atom is 0.339 e. The molecule has 7 heteroatoms. The highest BCUT2D eigenvalue weighted by Gasteiger charge is 2.17. The minimum absolute atomic E-state index is 0.404. The van der Waals surface area contributed by atoms with Crippen molar-refractivity contribution in [3.05, 3.63) is 66.2 Å². The van der Waals surface area contributed by atoms with Crippen LogP contribution in [0.5, 0.6) is 0 Å². The van der Waals surface area contributed by atoms with Crippen LogP contribution in [0.3, 0.4) is 0 Å². The molecule has 1 fully saturated rings. The van der Waals surface area contributed by atoms with Crippen molar-refractivity contribution in [2.24, 2.45) is 0 Å². The quantitative estimate of drug-likeness (QED) is 0.668. The summed E-state index contributed by atoms with van der Waals surface area (Å²) in [6.07, 6.45) is 0. The SMILES string of the molecule is COC(=O)c1ccccc1Nc1cc(N2CCOCC2)nc(-c2ccccc2)n1. The van der Waals surface area contributed by atoms with Gasteiger partial charge in [-0.3, -0.25) is 0 Å². The number of methoxy groups -OCH3 is 1. The normalized spacial score (nSPS) is 13.8. The highest BCUT2D eigenvalue weighted by molar-refractivity contribution is 5.96. The molecule has 0 radical (unpaired) electrons. The van der Waals surface area contributed by atoms with Crippen LogP contribution in [0.2, 0.25) is 0 Å². The first-order chi connectivity index (χ1) is 14.2. The maximum absolute atomic E-state index is 12.1. The van der Waals surface area contributed by atoms with Gasteiger partial charge in [0.1, 0.15) is 11.6 Å². The third-order valence-corrected chi connectivity index (χ3v) is 4.67.